The first-order valence-electron chi connectivity index (χ1n) is 7.24. The van der Waals surface area contributed by atoms with Crippen LogP contribution in [0.25, 0.3) is 0 Å². The van der Waals surface area contributed by atoms with E-state index >= 15 is 0 Å². The highest BCUT2D eigenvalue weighted by atomic mass is 15.3. The van der Waals surface area contributed by atoms with Gasteiger partial charge in [-0.05, 0) is 37.7 Å². The second-order valence-electron chi connectivity index (χ2n) is 6.95. The number of hydrogen-bond donors (Lipinski definition) is 2. The topological polar surface area (TPSA) is 55.9 Å². The molecule has 2 atom stereocenters. The van der Waals surface area contributed by atoms with E-state index in [2.05, 4.69) is 58.1 Å². The average molecular weight is 266 g/mol. The van der Waals surface area contributed by atoms with Gasteiger partial charge in [0.1, 0.15) is 0 Å². The van der Waals surface area contributed by atoms with Crippen molar-refractivity contribution in [3.05, 3.63) is 18.0 Å². The first-order chi connectivity index (χ1) is 8.74. The van der Waals surface area contributed by atoms with Gasteiger partial charge in [0.2, 0.25) is 0 Å². The molecule has 0 spiro atoms. The van der Waals surface area contributed by atoms with E-state index < -0.39 is 0 Å². The van der Waals surface area contributed by atoms with Gasteiger partial charge in [0.05, 0.1) is 5.69 Å². The van der Waals surface area contributed by atoms with Crippen molar-refractivity contribution in [3.8, 4) is 0 Å². The molecule has 1 aromatic rings. The van der Waals surface area contributed by atoms with Crippen molar-refractivity contribution in [1.29, 1.82) is 0 Å². The summed E-state index contributed by atoms with van der Waals surface area (Å²) in [6.07, 6.45) is 3.99. The maximum absolute atomic E-state index is 5.69. The number of nitrogens with zero attached hydrogens (tertiary/aromatic N) is 2. The Bertz CT molecular complexity index is 376. The maximum atomic E-state index is 5.69. The molecule has 0 aliphatic carbocycles. The van der Waals surface area contributed by atoms with Gasteiger partial charge >= 0.3 is 0 Å². The number of hydrogen-bond acceptors (Lipinski definition) is 3. The van der Waals surface area contributed by atoms with E-state index in [1.54, 1.807) is 0 Å². The summed E-state index contributed by atoms with van der Waals surface area (Å²) < 4.78 is 2.00. The van der Waals surface area contributed by atoms with E-state index in [1.165, 1.54) is 0 Å². The van der Waals surface area contributed by atoms with Crippen LogP contribution in [0.3, 0.4) is 0 Å². The summed E-state index contributed by atoms with van der Waals surface area (Å²) >= 11 is 0. The van der Waals surface area contributed by atoms with Crippen LogP contribution >= 0.6 is 0 Å². The zero-order chi connectivity index (χ0) is 14.6. The molecule has 1 heterocycles. The standard InChI is InChI=1S/C15H30N4/c1-11(2)19-8-7-13(18-19)10-14(17-16)9-12(3)15(4,5)6/h7-8,11-12,14,17H,9-10,16H2,1-6H3. The highest BCUT2D eigenvalue weighted by molar-refractivity contribution is 5.02. The molecule has 0 aliphatic rings. The largest absolute Gasteiger partial charge is 0.271 e. The monoisotopic (exact) mass is 266 g/mol. The molecule has 0 amide bonds. The van der Waals surface area contributed by atoms with E-state index in [9.17, 15) is 0 Å². The lowest BCUT2D eigenvalue weighted by Gasteiger charge is -2.30. The molecule has 110 valence electrons. The van der Waals surface area contributed by atoms with Crippen molar-refractivity contribution in [2.45, 2.75) is 66.5 Å². The van der Waals surface area contributed by atoms with Gasteiger partial charge in [-0.1, -0.05) is 27.7 Å². The highest BCUT2D eigenvalue weighted by Crippen LogP contribution is 2.29. The SMILES string of the molecule is CC(C)n1ccc(CC(CC(C)C(C)(C)C)NN)n1. The fourth-order valence-electron chi connectivity index (χ4n) is 2.02. The minimum atomic E-state index is 0.282. The third-order valence-electron chi connectivity index (χ3n) is 4.00. The first kappa shape index (κ1) is 16.2. The Balaban J connectivity index is 2.61. The lowest BCUT2D eigenvalue weighted by Crippen LogP contribution is -2.39. The molecule has 0 bridgehead atoms. The Morgan fingerprint density at radius 3 is 2.37 bits per heavy atom. The van der Waals surface area contributed by atoms with E-state index in [0.717, 1.165) is 18.5 Å². The van der Waals surface area contributed by atoms with Crippen molar-refractivity contribution in [1.82, 2.24) is 15.2 Å². The number of rotatable bonds is 6. The van der Waals surface area contributed by atoms with E-state index in [1.807, 2.05) is 10.9 Å². The molecule has 0 fully saturated rings. The Kier molecular flexibility index (Phi) is 5.56. The lowest BCUT2D eigenvalue weighted by molar-refractivity contribution is 0.222. The third kappa shape index (κ3) is 4.96. The third-order valence-corrected chi connectivity index (χ3v) is 4.00. The fourth-order valence-corrected chi connectivity index (χ4v) is 2.02. The Hall–Kier alpha value is -0.870. The van der Waals surface area contributed by atoms with Crippen LogP contribution in [0, 0.1) is 11.3 Å². The summed E-state index contributed by atoms with van der Waals surface area (Å²) in [4.78, 5) is 0. The van der Waals surface area contributed by atoms with Crippen LogP contribution in [-0.2, 0) is 6.42 Å². The molecule has 0 radical (unpaired) electrons. The van der Waals surface area contributed by atoms with Gasteiger partial charge in [-0.15, -0.1) is 0 Å². The number of hydrazine groups is 1. The Labute approximate surface area is 117 Å². The Morgan fingerprint density at radius 2 is 1.95 bits per heavy atom. The van der Waals surface area contributed by atoms with Crippen molar-refractivity contribution >= 4 is 0 Å². The normalized spacial score (nSPS) is 15.8. The number of nitrogens with one attached hydrogen (secondary N) is 1. The number of aromatic nitrogens is 2. The van der Waals surface area contributed by atoms with Crippen LogP contribution in [0.2, 0.25) is 0 Å². The summed E-state index contributed by atoms with van der Waals surface area (Å²) in [5, 5.41) is 4.59. The summed E-state index contributed by atoms with van der Waals surface area (Å²) in [6.45, 7) is 13.4. The minimum absolute atomic E-state index is 0.282. The summed E-state index contributed by atoms with van der Waals surface area (Å²) in [7, 11) is 0. The summed E-state index contributed by atoms with van der Waals surface area (Å²) in [5.41, 5.74) is 4.36. The van der Waals surface area contributed by atoms with Gasteiger partial charge in [0, 0.05) is 24.7 Å². The highest BCUT2D eigenvalue weighted by Gasteiger charge is 2.23. The van der Waals surface area contributed by atoms with Gasteiger partial charge < -0.3 is 0 Å². The quantitative estimate of drug-likeness (QED) is 0.615. The molecule has 4 heteroatoms. The van der Waals surface area contributed by atoms with Gasteiger partial charge in [-0.25, -0.2) is 0 Å². The van der Waals surface area contributed by atoms with Gasteiger partial charge in [0.25, 0.3) is 0 Å². The molecule has 2 unspecified atom stereocenters. The molecule has 0 aromatic carbocycles. The smallest absolute Gasteiger partial charge is 0.0640 e. The second kappa shape index (κ2) is 6.53. The van der Waals surface area contributed by atoms with Crippen molar-refractivity contribution < 1.29 is 0 Å². The molecule has 1 rings (SSSR count). The molecular weight excluding hydrogens is 236 g/mol. The van der Waals surface area contributed by atoms with Gasteiger partial charge in [-0.2, -0.15) is 5.10 Å². The number of nitrogens with two attached hydrogens (primary N) is 1. The van der Waals surface area contributed by atoms with Crippen LogP contribution in [0.4, 0.5) is 0 Å². The van der Waals surface area contributed by atoms with Crippen molar-refractivity contribution in [3.63, 3.8) is 0 Å². The summed E-state index contributed by atoms with van der Waals surface area (Å²) in [6, 6.07) is 2.78. The van der Waals surface area contributed by atoms with Crippen LogP contribution in [0.15, 0.2) is 12.3 Å². The van der Waals surface area contributed by atoms with E-state index in [-0.39, 0.29) is 6.04 Å². The molecule has 3 N–H and O–H groups in total. The fraction of sp³-hybridized carbons (Fsp3) is 0.800. The molecule has 0 saturated carbocycles. The van der Waals surface area contributed by atoms with Gasteiger partial charge in [-0.3, -0.25) is 16.0 Å². The zero-order valence-corrected chi connectivity index (χ0v) is 13.3. The molecule has 0 saturated heterocycles. The predicted octanol–water partition coefficient (Wildman–Crippen LogP) is 2.91. The molecule has 0 aliphatic heterocycles. The molecular formula is C15H30N4. The van der Waals surface area contributed by atoms with Crippen LogP contribution in [0.5, 0.6) is 0 Å². The minimum Gasteiger partial charge on any atom is -0.271 e. The van der Waals surface area contributed by atoms with E-state index in [4.69, 9.17) is 5.84 Å². The first-order valence-corrected chi connectivity index (χ1v) is 7.24. The molecule has 19 heavy (non-hydrogen) atoms. The molecule has 1 aromatic heterocycles. The van der Waals surface area contributed by atoms with Crippen molar-refractivity contribution in [2.75, 3.05) is 0 Å². The lowest BCUT2D eigenvalue weighted by atomic mass is 9.78. The predicted molar refractivity (Wildman–Crippen MR) is 80.7 cm³/mol. The second-order valence-corrected chi connectivity index (χ2v) is 6.95. The van der Waals surface area contributed by atoms with Crippen LogP contribution in [-0.4, -0.2) is 15.8 Å². The molecule has 4 nitrogen and oxygen atoms in total. The zero-order valence-electron chi connectivity index (χ0n) is 13.3. The van der Waals surface area contributed by atoms with Crippen molar-refractivity contribution in [2.24, 2.45) is 17.2 Å². The average Bonchev–Trinajstić information content (AvgIpc) is 2.75. The van der Waals surface area contributed by atoms with E-state index in [0.29, 0.717) is 17.4 Å². The van der Waals surface area contributed by atoms with Gasteiger partial charge in [0.15, 0.2) is 0 Å². The maximum Gasteiger partial charge on any atom is 0.0640 e. The van der Waals surface area contributed by atoms with Crippen LogP contribution in [0.1, 0.15) is 59.7 Å². The van der Waals surface area contributed by atoms with Crippen LogP contribution < -0.4 is 11.3 Å². The summed E-state index contributed by atoms with van der Waals surface area (Å²) in [5.74, 6) is 6.31. The Morgan fingerprint density at radius 1 is 1.32 bits per heavy atom.